The quantitative estimate of drug-likeness (QED) is 0.267. The molecule has 3 heterocycles. The third-order valence-corrected chi connectivity index (χ3v) is 9.31. The van der Waals surface area contributed by atoms with E-state index in [9.17, 15) is 26.7 Å². The highest BCUT2D eigenvalue weighted by Gasteiger charge is 2.51. The van der Waals surface area contributed by atoms with E-state index in [4.69, 9.17) is 9.73 Å². The van der Waals surface area contributed by atoms with Crippen LogP contribution in [0.1, 0.15) is 47.4 Å². The number of halogens is 5. The van der Waals surface area contributed by atoms with Gasteiger partial charge in [0.05, 0.1) is 25.3 Å². The van der Waals surface area contributed by atoms with E-state index < -0.39 is 28.9 Å². The molecule has 46 heavy (non-hydrogen) atoms. The molecule has 0 N–H and O–H groups in total. The van der Waals surface area contributed by atoms with Crippen molar-refractivity contribution in [2.45, 2.75) is 36.9 Å². The smallest absolute Gasteiger partial charge is 0.379 e. The Kier molecular flexibility index (Phi) is 9.54. The van der Waals surface area contributed by atoms with Crippen molar-refractivity contribution in [1.29, 1.82) is 0 Å². The van der Waals surface area contributed by atoms with Crippen LogP contribution in [-0.2, 0) is 21.2 Å². The monoisotopic (exact) mass is 640 g/mol. The average molecular weight is 641 g/mol. The summed E-state index contributed by atoms with van der Waals surface area (Å²) in [5.74, 6) is -0.297. The normalized spacial score (nSPS) is 19.9. The lowest BCUT2D eigenvalue weighted by atomic mass is 9.82. The summed E-state index contributed by atoms with van der Waals surface area (Å²) in [6.07, 6.45) is -1.98. The maximum absolute atomic E-state index is 14.5. The topological polar surface area (TPSA) is 48.4 Å². The van der Waals surface area contributed by atoms with E-state index in [1.807, 2.05) is 0 Å². The lowest BCUT2D eigenvalue weighted by Crippen LogP contribution is -2.47. The standard InChI is InChI=1S/C35H37F5N4O2/c36-30-10-6-27(7-11-30)34(28-8-12-31(37)13-9-28)33(45)44(32(41-34)24-43-20-22-46-23-21-43)17-1-16-42-18-14-26(15-19-42)25-2-4-29(5-3-25)35(38,39)40/h2-13,26H,1,14-24H2. The Bertz CT molecular complexity index is 1470. The molecule has 2 fully saturated rings. The summed E-state index contributed by atoms with van der Waals surface area (Å²) < 4.78 is 72.4. The first-order chi connectivity index (χ1) is 22.1. The fourth-order valence-electron chi connectivity index (χ4n) is 6.74. The van der Waals surface area contributed by atoms with Gasteiger partial charge in [0.2, 0.25) is 0 Å². The number of piperidine rings is 1. The second-order valence-electron chi connectivity index (χ2n) is 12.2. The zero-order chi connectivity index (χ0) is 32.3. The second kappa shape index (κ2) is 13.6. The van der Waals surface area contributed by atoms with Crippen LogP contribution >= 0.6 is 0 Å². The SMILES string of the molecule is O=C1N(CCCN2CCC(c3ccc(C(F)(F)F)cc3)CC2)C(CN2CCOCC2)=NC1(c1ccc(F)cc1)c1ccc(F)cc1. The minimum atomic E-state index is -4.34. The number of benzene rings is 3. The summed E-state index contributed by atoms with van der Waals surface area (Å²) in [7, 11) is 0. The van der Waals surface area contributed by atoms with Gasteiger partial charge in [-0.15, -0.1) is 0 Å². The van der Waals surface area contributed by atoms with Crippen LogP contribution in [0.2, 0.25) is 0 Å². The van der Waals surface area contributed by atoms with E-state index in [1.165, 1.54) is 24.3 Å². The highest BCUT2D eigenvalue weighted by Crippen LogP contribution is 2.41. The summed E-state index contributed by atoms with van der Waals surface area (Å²) in [5, 5.41) is 0. The third-order valence-electron chi connectivity index (χ3n) is 9.31. The lowest BCUT2D eigenvalue weighted by Gasteiger charge is -2.33. The maximum atomic E-state index is 14.5. The Labute approximate surface area is 265 Å². The van der Waals surface area contributed by atoms with Gasteiger partial charge >= 0.3 is 6.18 Å². The summed E-state index contributed by atoms with van der Waals surface area (Å²) in [6.45, 7) is 5.81. The van der Waals surface area contributed by atoms with E-state index >= 15 is 0 Å². The number of alkyl halides is 3. The summed E-state index contributed by atoms with van der Waals surface area (Å²) >= 11 is 0. The number of ether oxygens (including phenoxy) is 1. The van der Waals surface area contributed by atoms with Crippen LogP contribution in [0.15, 0.2) is 77.8 Å². The first-order valence-electron chi connectivity index (χ1n) is 15.8. The van der Waals surface area contributed by atoms with E-state index in [2.05, 4.69) is 9.80 Å². The van der Waals surface area contributed by atoms with Crippen LogP contribution in [0.4, 0.5) is 22.0 Å². The maximum Gasteiger partial charge on any atom is 0.416 e. The van der Waals surface area contributed by atoms with E-state index in [0.717, 1.165) is 50.2 Å². The molecule has 6 rings (SSSR count). The molecule has 1 amide bonds. The first kappa shape index (κ1) is 32.3. The fraction of sp³-hybridized carbons (Fsp3) is 0.429. The molecular weight excluding hydrogens is 603 g/mol. The predicted molar refractivity (Wildman–Crippen MR) is 164 cm³/mol. The van der Waals surface area contributed by atoms with Crippen molar-refractivity contribution in [1.82, 2.24) is 14.7 Å². The number of hydrogen-bond donors (Lipinski definition) is 0. The molecule has 0 aromatic heterocycles. The van der Waals surface area contributed by atoms with E-state index in [1.54, 1.807) is 41.3 Å². The van der Waals surface area contributed by atoms with Crippen molar-refractivity contribution in [2.75, 3.05) is 59.0 Å². The Balaban J connectivity index is 1.17. The lowest BCUT2D eigenvalue weighted by molar-refractivity contribution is -0.137. The van der Waals surface area contributed by atoms with E-state index in [0.29, 0.717) is 62.8 Å². The molecule has 3 aromatic carbocycles. The van der Waals surface area contributed by atoms with Gasteiger partial charge in [0.25, 0.3) is 5.91 Å². The van der Waals surface area contributed by atoms with Crippen LogP contribution in [0, 0.1) is 11.6 Å². The van der Waals surface area contributed by atoms with Gasteiger partial charge in [-0.05, 0) is 97.9 Å². The van der Waals surface area contributed by atoms with Gasteiger partial charge in [-0.25, -0.2) is 13.8 Å². The number of hydrogen-bond acceptors (Lipinski definition) is 5. The van der Waals surface area contributed by atoms with Crippen LogP contribution < -0.4 is 0 Å². The Morgan fingerprint density at radius 1 is 0.761 bits per heavy atom. The van der Waals surface area contributed by atoms with Crippen LogP contribution in [-0.4, -0.2) is 85.5 Å². The Hall–Kier alpha value is -3.67. The van der Waals surface area contributed by atoms with E-state index in [-0.39, 0.29) is 11.8 Å². The molecule has 11 heteroatoms. The van der Waals surface area contributed by atoms with Gasteiger partial charge in [0.15, 0.2) is 5.54 Å². The fourth-order valence-corrected chi connectivity index (χ4v) is 6.74. The zero-order valence-corrected chi connectivity index (χ0v) is 25.5. The van der Waals surface area contributed by atoms with Crippen molar-refractivity contribution < 1.29 is 31.5 Å². The number of amides is 1. The largest absolute Gasteiger partial charge is 0.416 e. The summed E-state index contributed by atoms with van der Waals surface area (Å²) in [6, 6.07) is 17.0. The molecule has 244 valence electrons. The number of morpholine rings is 1. The number of amidine groups is 1. The summed E-state index contributed by atoms with van der Waals surface area (Å²) in [5.41, 5.74) is -0.152. The minimum Gasteiger partial charge on any atom is -0.379 e. The van der Waals surface area contributed by atoms with Gasteiger partial charge in [-0.3, -0.25) is 14.6 Å². The molecule has 3 aromatic rings. The van der Waals surface area contributed by atoms with Crippen molar-refractivity contribution in [3.8, 4) is 0 Å². The van der Waals surface area contributed by atoms with Gasteiger partial charge in [-0.1, -0.05) is 36.4 Å². The molecular formula is C35H37F5N4O2. The van der Waals surface area contributed by atoms with Crippen molar-refractivity contribution >= 4 is 11.7 Å². The first-order valence-corrected chi connectivity index (χ1v) is 15.8. The molecule has 0 unspecified atom stereocenters. The molecule has 0 aliphatic carbocycles. The number of aliphatic imine (C=N–C) groups is 1. The number of nitrogens with zero attached hydrogens (tertiary/aromatic N) is 4. The third kappa shape index (κ3) is 6.86. The van der Waals surface area contributed by atoms with Crippen molar-refractivity contribution in [3.05, 3.63) is 107 Å². The molecule has 0 saturated carbocycles. The number of rotatable bonds is 9. The van der Waals surface area contributed by atoms with Gasteiger partial charge in [0.1, 0.15) is 17.5 Å². The molecule has 3 aliphatic rings. The number of carbonyl (C=O) groups excluding carboxylic acids is 1. The molecule has 0 bridgehead atoms. The molecule has 0 radical (unpaired) electrons. The highest BCUT2D eigenvalue weighted by molar-refractivity contribution is 6.11. The van der Waals surface area contributed by atoms with Crippen LogP contribution in [0.3, 0.4) is 0 Å². The zero-order valence-electron chi connectivity index (χ0n) is 25.5. The van der Waals surface area contributed by atoms with Crippen molar-refractivity contribution in [3.63, 3.8) is 0 Å². The van der Waals surface area contributed by atoms with Crippen LogP contribution in [0.25, 0.3) is 0 Å². The van der Waals surface area contributed by atoms with Gasteiger partial charge in [-0.2, -0.15) is 13.2 Å². The second-order valence-corrected chi connectivity index (χ2v) is 12.2. The van der Waals surface area contributed by atoms with Crippen molar-refractivity contribution in [2.24, 2.45) is 4.99 Å². The molecule has 6 nitrogen and oxygen atoms in total. The minimum absolute atomic E-state index is 0.206. The molecule has 0 atom stereocenters. The molecule has 0 spiro atoms. The Morgan fingerprint density at radius 3 is 1.87 bits per heavy atom. The Morgan fingerprint density at radius 2 is 1.33 bits per heavy atom. The van der Waals surface area contributed by atoms with Crippen LogP contribution in [0.5, 0.6) is 0 Å². The predicted octanol–water partition coefficient (Wildman–Crippen LogP) is 6.07. The van der Waals surface area contributed by atoms with Gasteiger partial charge in [0, 0.05) is 19.6 Å². The number of carbonyl (C=O) groups is 1. The average Bonchev–Trinajstić information content (AvgIpc) is 3.33. The molecule has 3 aliphatic heterocycles. The molecule has 2 saturated heterocycles. The van der Waals surface area contributed by atoms with Gasteiger partial charge < -0.3 is 9.64 Å². The highest BCUT2D eigenvalue weighted by atomic mass is 19.4. The number of likely N-dealkylation sites (tertiary alicyclic amines) is 1. The summed E-state index contributed by atoms with van der Waals surface area (Å²) in [4.78, 5) is 25.9.